The third kappa shape index (κ3) is 3.26. The van der Waals surface area contributed by atoms with Crippen molar-refractivity contribution in [3.63, 3.8) is 0 Å². The van der Waals surface area contributed by atoms with E-state index in [4.69, 9.17) is 5.73 Å². The molecular formula is C11H11FN2O2. The quantitative estimate of drug-likeness (QED) is 0.704. The number of hydrogen-bond donors (Lipinski definition) is 2. The molecule has 0 spiro atoms. The SMILES string of the molecule is COC(=O)Nc1ccc(C#CCN)cc1F. The van der Waals surface area contributed by atoms with E-state index in [1.54, 1.807) is 6.07 Å². The molecule has 0 aliphatic carbocycles. The van der Waals surface area contributed by atoms with E-state index in [1.165, 1.54) is 19.2 Å². The first kappa shape index (κ1) is 12.0. The molecule has 0 atom stereocenters. The Hall–Kier alpha value is -2.06. The average Bonchev–Trinajstić information content (AvgIpc) is 2.29. The van der Waals surface area contributed by atoms with Crippen molar-refractivity contribution >= 4 is 11.8 Å². The normalized spacial score (nSPS) is 8.94. The van der Waals surface area contributed by atoms with Crippen molar-refractivity contribution in [2.75, 3.05) is 19.0 Å². The highest BCUT2D eigenvalue weighted by atomic mass is 19.1. The fourth-order valence-corrected chi connectivity index (χ4v) is 1.01. The minimum Gasteiger partial charge on any atom is -0.453 e. The van der Waals surface area contributed by atoms with Gasteiger partial charge in [0.15, 0.2) is 0 Å². The number of nitrogens with one attached hydrogen (secondary N) is 1. The number of ether oxygens (including phenoxy) is 1. The van der Waals surface area contributed by atoms with Crippen LogP contribution in [0.5, 0.6) is 0 Å². The number of methoxy groups -OCH3 is 1. The summed E-state index contributed by atoms with van der Waals surface area (Å²) in [6.07, 6.45) is -0.723. The van der Waals surface area contributed by atoms with Crippen LogP contribution < -0.4 is 11.1 Å². The summed E-state index contributed by atoms with van der Waals surface area (Å²) in [5, 5.41) is 2.23. The Bertz CT molecular complexity index is 449. The predicted octanol–water partition coefficient (Wildman–Crippen LogP) is 1.31. The third-order valence-electron chi connectivity index (χ3n) is 1.73. The van der Waals surface area contributed by atoms with Crippen LogP contribution in [0, 0.1) is 17.7 Å². The first-order chi connectivity index (χ1) is 7.67. The van der Waals surface area contributed by atoms with Gasteiger partial charge in [-0.3, -0.25) is 5.32 Å². The van der Waals surface area contributed by atoms with Crippen molar-refractivity contribution in [3.8, 4) is 11.8 Å². The number of halogens is 1. The van der Waals surface area contributed by atoms with Crippen LogP contribution in [0.4, 0.5) is 14.9 Å². The van der Waals surface area contributed by atoms with Gasteiger partial charge in [-0.05, 0) is 18.2 Å². The van der Waals surface area contributed by atoms with Gasteiger partial charge in [0, 0.05) is 5.56 Å². The molecule has 0 saturated carbocycles. The molecule has 0 aliphatic rings. The number of carbonyl (C=O) groups excluding carboxylic acids is 1. The molecule has 4 nitrogen and oxygen atoms in total. The Morgan fingerprint density at radius 2 is 2.38 bits per heavy atom. The van der Waals surface area contributed by atoms with Crippen LogP contribution in [-0.4, -0.2) is 19.7 Å². The zero-order chi connectivity index (χ0) is 12.0. The van der Waals surface area contributed by atoms with Crippen molar-refractivity contribution in [3.05, 3.63) is 29.6 Å². The number of carbonyl (C=O) groups is 1. The van der Waals surface area contributed by atoms with Gasteiger partial charge in [-0.25, -0.2) is 9.18 Å². The van der Waals surface area contributed by atoms with Gasteiger partial charge < -0.3 is 10.5 Å². The lowest BCUT2D eigenvalue weighted by molar-refractivity contribution is 0.187. The van der Waals surface area contributed by atoms with Gasteiger partial charge in [-0.15, -0.1) is 0 Å². The summed E-state index contributed by atoms with van der Waals surface area (Å²) in [6.45, 7) is 0.212. The highest BCUT2D eigenvalue weighted by Gasteiger charge is 2.06. The lowest BCUT2D eigenvalue weighted by atomic mass is 10.2. The summed E-state index contributed by atoms with van der Waals surface area (Å²) in [6, 6.07) is 4.21. The Morgan fingerprint density at radius 1 is 1.62 bits per heavy atom. The smallest absolute Gasteiger partial charge is 0.411 e. The minimum atomic E-state index is -0.723. The number of anilines is 1. The fourth-order valence-electron chi connectivity index (χ4n) is 1.01. The number of amides is 1. The molecule has 1 aromatic rings. The van der Waals surface area contributed by atoms with Gasteiger partial charge >= 0.3 is 6.09 Å². The van der Waals surface area contributed by atoms with Gasteiger partial charge in [-0.2, -0.15) is 0 Å². The van der Waals surface area contributed by atoms with Crippen molar-refractivity contribution < 1.29 is 13.9 Å². The average molecular weight is 222 g/mol. The summed E-state index contributed by atoms with van der Waals surface area (Å²) < 4.78 is 17.7. The molecule has 0 bridgehead atoms. The lowest BCUT2D eigenvalue weighted by Crippen LogP contribution is -2.12. The molecule has 0 fully saturated rings. The van der Waals surface area contributed by atoms with Gasteiger partial charge in [-0.1, -0.05) is 11.8 Å². The molecule has 1 aromatic carbocycles. The van der Waals surface area contributed by atoms with Crippen LogP contribution in [0.2, 0.25) is 0 Å². The Kier molecular flexibility index (Phi) is 4.30. The summed E-state index contributed by atoms with van der Waals surface area (Å²) in [4.78, 5) is 10.8. The number of nitrogens with two attached hydrogens (primary N) is 1. The van der Waals surface area contributed by atoms with Crippen LogP contribution in [-0.2, 0) is 4.74 Å². The highest BCUT2D eigenvalue weighted by molar-refractivity contribution is 5.84. The van der Waals surface area contributed by atoms with Crippen LogP contribution in [0.1, 0.15) is 5.56 Å². The molecule has 1 rings (SSSR count). The van der Waals surface area contributed by atoms with Crippen molar-refractivity contribution in [2.45, 2.75) is 0 Å². The Labute approximate surface area is 92.6 Å². The fraction of sp³-hybridized carbons (Fsp3) is 0.182. The highest BCUT2D eigenvalue weighted by Crippen LogP contribution is 2.15. The van der Waals surface area contributed by atoms with Gasteiger partial charge in [0.25, 0.3) is 0 Å². The number of hydrogen-bond acceptors (Lipinski definition) is 3. The molecule has 0 radical (unpaired) electrons. The molecule has 0 aliphatic heterocycles. The third-order valence-corrected chi connectivity index (χ3v) is 1.73. The molecule has 1 amide bonds. The maximum absolute atomic E-state index is 13.4. The lowest BCUT2D eigenvalue weighted by Gasteiger charge is -2.04. The van der Waals surface area contributed by atoms with E-state index in [2.05, 4.69) is 21.9 Å². The first-order valence-electron chi connectivity index (χ1n) is 4.51. The molecule has 0 saturated heterocycles. The standard InChI is InChI=1S/C11H11FN2O2/c1-16-11(15)14-10-5-4-8(3-2-6-13)7-9(10)12/h4-5,7H,6,13H2,1H3,(H,14,15). The van der Waals surface area contributed by atoms with E-state index < -0.39 is 11.9 Å². The maximum atomic E-state index is 13.4. The molecule has 0 heterocycles. The van der Waals surface area contributed by atoms with Crippen LogP contribution >= 0.6 is 0 Å². The Balaban J connectivity index is 2.87. The van der Waals surface area contributed by atoms with Crippen LogP contribution in [0.3, 0.4) is 0 Å². The largest absolute Gasteiger partial charge is 0.453 e. The second-order valence-corrected chi connectivity index (χ2v) is 2.82. The van der Waals surface area contributed by atoms with Crippen LogP contribution in [0.15, 0.2) is 18.2 Å². The van der Waals surface area contributed by atoms with E-state index in [-0.39, 0.29) is 12.2 Å². The minimum absolute atomic E-state index is 0.0464. The molecule has 3 N–H and O–H groups in total. The van der Waals surface area contributed by atoms with Gasteiger partial charge in [0.2, 0.25) is 0 Å². The van der Waals surface area contributed by atoms with E-state index >= 15 is 0 Å². The van der Waals surface area contributed by atoms with E-state index in [1.807, 2.05) is 0 Å². The molecule has 16 heavy (non-hydrogen) atoms. The maximum Gasteiger partial charge on any atom is 0.411 e. The summed E-state index contributed by atoms with van der Waals surface area (Å²) in [7, 11) is 1.20. The van der Waals surface area contributed by atoms with E-state index in [9.17, 15) is 9.18 Å². The zero-order valence-electron chi connectivity index (χ0n) is 8.71. The van der Waals surface area contributed by atoms with Crippen molar-refractivity contribution in [2.24, 2.45) is 5.73 Å². The second kappa shape index (κ2) is 5.73. The summed E-state index contributed by atoms with van der Waals surface area (Å²) in [5.74, 6) is 4.71. The van der Waals surface area contributed by atoms with E-state index in [0.717, 1.165) is 0 Å². The van der Waals surface area contributed by atoms with E-state index in [0.29, 0.717) is 5.56 Å². The van der Waals surface area contributed by atoms with Crippen molar-refractivity contribution in [1.82, 2.24) is 0 Å². The second-order valence-electron chi connectivity index (χ2n) is 2.82. The summed E-state index contributed by atoms with van der Waals surface area (Å²) in [5.41, 5.74) is 5.73. The molecule has 5 heteroatoms. The molecular weight excluding hydrogens is 211 g/mol. The number of benzene rings is 1. The van der Waals surface area contributed by atoms with Gasteiger partial charge in [0.1, 0.15) is 5.82 Å². The summed E-state index contributed by atoms with van der Waals surface area (Å²) >= 11 is 0. The molecule has 0 aromatic heterocycles. The topological polar surface area (TPSA) is 64.3 Å². The Morgan fingerprint density at radius 3 is 2.94 bits per heavy atom. The molecule has 84 valence electrons. The predicted molar refractivity (Wildman–Crippen MR) is 58.4 cm³/mol. The first-order valence-corrected chi connectivity index (χ1v) is 4.51. The van der Waals surface area contributed by atoms with Gasteiger partial charge in [0.05, 0.1) is 19.3 Å². The monoisotopic (exact) mass is 222 g/mol. The zero-order valence-corrected chi connectivity index (χ0v) is 8.71. The van der Waals surface area contributed by atoms with Crippen LogP contribution in [0.25, 0.3) is 0 Å². The number of rotatable bonds is 1. The van der Waals surface area contributed by atoms with Crippen molar-refractivity contribution in [1.29, 1.82) is 0 Å². The molecule has 0 unspecified atom stereocenters.